The van der Waals surface area contributed by atoms with E-state index in [1.54, 1.807) is 7.11 Å². The van der Waals surface area contributed by atoms with Crippen LogP contribution in [0.5, 0.6) is 5.75 Å². The third kappa shape index (κ3) is 2.15. The van der Waals surface area contributed by atoms with Crippen molar-refractivity contribution >= 4 is 26.8 Å². The molecule has 3 nitrogen and oxygen atoms in total. The van der Waals surface area contributed by atoms with Crippen molar-refractivity contribution < 1.29 is 4.74 Å². The van der Waals surface area contributed by atoms with Gasteiger partial charge in [0.25, 0.3) is 0 Å². The summed E-state index contributed by atoms with van der Waals surface area (Å²) in [4.78, 5) is 0. The second-order valence-electron chi connectivity index (χ2n) is 5.60. The molecule has 1 unspecified atom stereocenters. The molecule has 1 atom stereocenters. The highest BCUT2D eigenvalue weighted by Gasteiger charge is 2.24. The second kappa shape index (κ2) is 5.41. The summed E-state index contributed by atoms with van der Waals surface area (Å²) >= 11 is 3.82. The molecule has 1 aliphatic heterocycles. The Hall–Kier alpha value is -1.00. The van der Waals surface area contributed by atoms with Gasteiger partial charge in [-0.05, 0) is 59.9 Å². The molecule has 108 valence electrons. The Kier molecular flexibility index (Phi) is 3.78. The standard InChI is InChI=1S/C16H21BrN2O/c1-10-8-11(20-3)9-12-14(17)16(19(2)15(10)12)13-6-4-5-7-18-13/h8-9,13,18H,4-7H2,1-3H3. The summed E-state index contributed by atoms with van der Waals surface area (Å²) in [5.74, 6) is 0.921. The topological polar surface area (TPSA) is 26.2 Å². The lowest BCUT2D eigenvalue weighted by Gasteiger charge is -2.24. The molecule has 0 bridgehead atoms. The summed E-state index contributed by atoms with van der Waals surface area (Å²) in [5.41, 5.74) is 3.90. The zero-order valence-corrected chi connectivity index (χ0v) is 13.9. The lowest BCUT2D eigenvalue weighted by molar-refractivity contribution is 0.398. The average Bonchev–Trinajstić information content (AvgIpc) is 2.72. The first-order valence-corrected chi connectivity index (χ1v) is 7.98. The number of hydrogen-bond acceptors (Lipinski definition) is 2. The highest BCUT2D eigenvalue weighted by Crippen LogP contribution is 2.39. The molecule has 1 aromatic heterocycles. The van der Waals surface area contributed by atoms with Crippen LogP contribution in [0.25, 0.3) is 10.9 Å². The van der Waals surface area contributed by atoms with E-state index in [9.17, 15) is 0 Å². The number of aryl methyl sites for hydroxylation is 2. The Morgan fingerprint density at radius 3 is 2.80 bits per heavy atom. The number of ether oxygens (including phenoxy) is 1. The molecule has 0 radical (unpaired) electrons. The Bertz CT molecular complexity index is 642. The van der Waals surface area contributed by atoms with Gasteiger partial charge in [0.2, 0.25) is 0 Å². The van der Waals surface area contributed by atoms with Crippen molar-refractivity contribution in [3.05, 3.63) is 27.9 Å². The third-order valence-electron chi connectivity index (χ3n) is 4.31. The van der Waals surface area contributed by atoms with E-state index in [4.69, 9.17) is 4.74 Å². The molecule has 1 aliphatic rings. The molecule has 3 rings (SSSR count). The van der Waals surface area contributed by atoms with E-state index in [0.717, 1.165) is 12.3 Å². The van der Waals surface area contributed by atoms with E-state index in [0.29, 0.717) is 6.04 Å². The van der Waals surface area contributed by atoms with Crippen molar-refractivity contribution in [2.75, 3.05) is 13.7 Å². The number of methoxy groups -OCH3 is 1. The van der Waals surface area contributed by atoms with Crippen LogP contribution in [0.4, 0.5) is 0 Å². The van der Waals surface area contributed by atoms with Crippen LogP contribution < -0.4 is 10.1 Å². The predicted molar refractivity (Wildman–Crippen MR) is 86.5 cm³/mol. The Morgan fingerprint density at radius 1 is 1.35 bits per heavy atom. The van der Waals surface area contributed by atoms with Crippen LogP contribution in [0.15, 0.2) is 16.6 Å². The number of piperidine rings is 1. The Balaban J connectivity index is 2.20. The van der Waals surface area contributed by atoms with E-state index < -0.39 is 0 Å². The minimum absolute atomic E-state index is 0.445. The first-order chi connectivity index (χ1) is 9.63. The number of halogens is 1. The molecule has 0 saturated carbocycles. The maximum absolute atomic E-state index is 5.41. The molecular formula is C16H21BrN2O. The SMILES string of the molecule is COc1cc(C)c2c(c1)c(Br)c(C1CCCCN1)n2C. The fraction of sp³-hybridized carbons (Fsp3) is 0.500. The highest BCUT2D eigenvalue weighted by atomic mass is 79.9. The predicted octanol–water partition coefficient (Wildman–Crippen LogP) is 4.07. The zero-order chi connectivity index (χ0) is 14.3. The highest BCUT2D eigenvalue weighted by molar-refractivity contribution is 9.10. The van der Waals surface area contributed by atoms with Gasteiger partial charge in [0, 0.05) is 28.6 Å². The summed E-state index contributed by atoms with van der Waals surface area (Å²) in [6.45, 7) is 3.26. The van der Waals surface area contributed by atoms with Crippen LogP contribution in [0.1, 0.15) is 36.6 Å². The van der Waals surface area contributed by atoms with Crippen LogP contribution in [0.2, 0.25) is 0 Å². The monoisotopic (exact) mass is 336 g/mol. The molecule has 0 amide bonds. The van der Waals surface area contributed by atoms with E-state index in [1.807, 2.05) is 0 Å². The molecule has 1 fully saturated rings. The number of nitrogens with zero attached hydrogens (tertiary/aromatic N) is 1. The molecule has 0 spiro atoms. The van der Waals surface area contributed by atoms with Crippen LogP contribution in [-0.2, 0) is 7.05 Å². The first kappa shape index (κ1) is 14.0. The van der Waals surface area contributed by atoms with Gasteiger partial charge >= 0.3 is 0 Å². The summed E-state index contributed by atoms with van der Waals surface area (Å²) in [6.07, 6.45) is 3.79. The minimum atomic E-state index is 0.445. The van der Waals surface area contributed by atoms with Crippen molar-refractivity contribution in [3.8, 4) is 5.75 Å². The van der Waals surface area contributed by atoms with Crippen molar-refractivity contribution in [1.82, 2.24) is 9.88 Å². The summed E-state index contributed by atoms with van der Waals surface area (Å²) in [6, 6.07) is 4.67. The van der Waals surface area contributed by atoms with Crippen molar-refractivity contribution in [1.29, 1.82) is 0 Å². The molecule has 1 N–H and O–H groups in total. The van der Waals surface area contributed by atoms with Crippen LogP contribution in [0.3, 0.4) is 0 Å². The van der Waals surface area contributed by atoms with Crippen LogP contribution >= 0.6 is 15.9 Å². The number of hydrogen-bond donors (Lipinski definition) is 1. The zero-order valence-electron chi connectivity index (χ0n) is 12.3. The molecule has 20 heavy (non-hydrogen) atoms. The van der Waals surface area contributed by atoms with Crippen molar-refractivity contribution in [3.63, 3.8) is 0 Å². The van der Waals surface area contributed by atoms with Crippen LogP contribution in [0, 0.1) is 6.92 Å². The van der Waals surface area contributed by atoms with Crippen molar-refractivity contribution in [2.24, 2.45) is 7.05 Å². The summed E-state index contributed by atoms with van der Waals surface area (Å²) in [7, 11) is 3.89. The van der Waals surface area contributed by atoms with Gasteiger partial charge in [0.05, 0.1) is 12.6 Å². The third-order valence-corrected chi connectivity index (χ3v) is 5.14. The van der Waals surface area contributed by atoms with Gasteiger partial charge in [-0.25, -0.2) is 0 Å². The molecular weight excluding hydrogens is 316 g/mol. The fourth-order valence-corrected chi connectivity index (χ4v) is 4.20. The van der Waals surface area contributed by atoms with Gasteiger partial charge < -0.3 is 14.6 Å². The Morgan fingerprint density at radius 2 is 2.15 bits per heavy atom. The smallest absolute Gasteiger partial charge is 0.119 e. The van der Waals surface area contributed by atoms with Gasteiger partial charge in [-0.2, -0.15) is 0 Å². The number of benzene rings is 1. The molecule has 2 heterocycles. The van der Waals surface area contributed by atoms with E-state index in [1.165, 1.54) is 45.9 Å². The lowest BCUT2D eigenvalue weighted by Crippen LogP contribution is -2.28. The number of rotatable bonds is 2. The van der Waals surface area contributed by atoms with Gasteiger partial charge in [0.1, 0.15) is 5.75 Å². The normalized spacial score (nSPS) is 19.5. The lowest BCUT2D eigenvalue weighted by atomic mass is 10.0. The van der Waals surface area contributed by atoms with E-state index in [-0.39, 0.29) is 0 Å². The maximum atomic E-state index is 5.41. The molecule has 1 aromatic carbocycles. The fourth-order valence-electron chi connectivity index (χ4n) is 3.35. The quantitative estimate of drug-likeness (QED) is 0.894. The van der Waals surface area contributed by atoms with Gasteiger partial charge in [-0.3, -0.25) is 0 Å². The second-order valence-corrected chi connectivity index (χ2v) is 6.39. The first-order valence-electron chi connectivity index (χ1n) is 7.19. The maximum Gasteiger partial charge on any atom is 0.119 e. The number of fused-ring (bicyclic) bond motifs is 1. The van der Waals surface area contributed by atoms with Crippen molar-refractivity contribution in [2.45, 2.75) is 32.2 Å². The van der Waals surface area contributed by atoms with E-state index in [2.05, 4.69) is 51.9 Å². The largest absolute Gasteiger partial charge is 0.497 e. The van der Waals surface area contributed by atoms with Gasteiger partial charge in [-0.1, -0.05) is 6.42 Å². The molecule has 0 aliphatic carbocycles. The van der Waals surface area contributed by atoms with Gasteiger partial charge in [0.15, 0.2) is 0 Å². The molecule has 4 heteroatoms. The summed E-state index contributed by atoms with van der Waals surface area (Å²) in [5, 5.41) is 4.89. The molecule has 2 aromatic rings. The number of aromatic nitrogens is 1. The minimum Gasteiger partial charge on any atom is -0.497 e. The summed E-state index contributed by atoms with van der Waals surface area (Å²) < 4.78 is 8.94. The average molecular weight is 337 g/mol. The van der Waals surface area contributed by atoms with Gasteiger partial charge in [-0.15, -0.1) is 0 Å². The van der Waals surface area contributed by atoms with E-state index >= 15 is 0 Å². The molecule has 1 saturated heterocycles. The Labute approximate surface area is 128 Å². The number of nitrogens with one attached hydrogen (secondary N) is 1. The van der Waals surface area contributed by atoms with Crippen LogP contribution in [-0.4, -0.2) is 18.2 Å².